The molecule has 1 N–H and O–H groups in total. The topological polar surface area (TPSA) is 77.2 Å². The van der Waals surface area contributed by atoms with Gasteiger partial charge in [0.1, 0.15) is 5.60 Å². The van der Waals surface area contributed by atoms with E-state index in [1.54, 1.807) is 20.8 Å². The van der Waals surface area contributed by atoms with Gasteiger partial charge in [-0.3, -0.25) is 4.79 Å². The third kappa shape index (κ3) is 7.20. The molecule has 1 amide bonds. The molecule has 1 aliphatic heterocycles. The average molecular weight is 402 g/mol. The van der Waals surface area contributed by atoms with Crippen LogP contribution in [0.5, 0.6) is 0 Å². The first-order valence-corrected chi connectivity index (χ1v) is 12.7. The Labute approximate surface area is 165 Å². The van der Waals surface area contributed by atoms with Crippen LogP contribution < -0.4 is 5.32 Å². The SMILES string of the molecule is CC(C)C[C@H](NC(=O)OC(C)(C)C)C(=O)[C@]1(CO[Si](C)(C)C(C)(C)C)CO1. The minimum atomic E-state index is -2.00. The van der Waals surface area contributed by atoms with E-state index in [2.05, 4.69) is 39.2 Å². The molecule has 0 spiro atoms. The molecule has 1 heterocycles. The number of carbonyl (C=O) groups is 2. The van der Waals surface area contributed by atoms with Gasteiger partial charge in [0.15, 0.2) is 19.7 Å². The van der Waals surface area contributed by atoms with Crippen LogP contribution >= 0.6 is 0 Å². The summed E-state index contributed by atoms with van der Waals surface area (Å²) in [5.74, 6) is 0.117. The molecule has 0 unspecified atom stereocenters. The summed E-state index contributed by atoms with van der Waals surface area (Å²) in [6, 6.07) is -0.648. The quantitative estimate of drug-likeness (QED) is 0.485. The number of Topliss-reactive ketones (excluding diaryl/α,β-unsaturated/α-hetero) is 1. The predicted molar refractivity (Wildman–Crippen MR) is 109 cm³/mol. The standard InChI is InChI=1S/C20H39NO5Si/c1-14(2)11-15(21-17(23)26-18(3,4)5)16(22)20(12-24-20)13-25-27(9,10)19(6,7)8/h14-15H,11-13H2,1-10H3,(H,21,23)/t15-,20+/m0/s1. The van der Waals surface area contributed by atoms with E-state index in [4.69, 9.17) is 13.9 Å². The van der Waals surface area contributed by atoms with Crippen LogP contribution in [0.3, 0.4) is 0 Å². The molecule has 0 radical (unpaired) electrons. The van der Waals surface area contributed by atoms with Crippen LogP contribution in [-0.4, -0.2) is 50.7 Å². The summed E-state index contributed by atoms with van der Waals surface area (Å²) in [4.78, 5) is 25.4. The zero-order chi connectivity index (χ0) is 21.3. The van der Waals surface area contributed by atoms with Gasteiger partial charge in [-0.1, -0.05) is 34.6 Å². The Hall–Kier alpha value is -0.923. The van der Waals surface area contributed by atoms with Gasteiger partial charge in [-0.2, -0.15) is 0 Å². The molecule has 0 saturated carbocycles. The number of rotatable bonds is 8. The fraction of sp³-hybridized carbons (Fsp3) is 0.900. The number of nitrogens with one attached hydrogen (secondary N) is 1. The van der Waals surface area contributed by atoms with Gasteiger partial charge in [-0.15, -0.1) is 0 Å². The van der Waals surface area contributed by atoms with Crippen molar-refractivity contribution in [3.63, 3.8) is 0 Å². The molecule has 0 aromatic carbocycles. The molecule has 7 heteroatoms. The highest BCUT2D eigenvalue weighted by atomic mass is 28.4. The maximum Gasteiger partial charge on any atom is 0.408 e. The highest BCUT2D eigenvalue weighted by molar-refractivity contribution is 6.74. The zero-order valence-corrected chi connectivity index (χ0v) is 19.8. The fourth-order valence-corrected chi connectivity index (χ4v) is 3.39. The molecular weight excluding hydrogens is 362 g/mol. The molecule has 0 bridgehead atoms. The van der Waals surface area contributed by atoms with Crippen LogP contribution in [0.15, 0.2) is 0 Å². The smallest absolute Gasteiger partial charge is 0.408 e. The van der Waals surface area contributed by atoms with Gasteiger partial charge in [-0.25, -0.2) is 4.79 Å². The van der Waals surface area contributed by atoms with E-state index < -0.39 is 31.7 Å². The van der Waals surface area contributed by atoms with Gasteiger partial charge >= 0.3 is 6.09 Å². The van der Waals surface area contributed by atoms with Crippen molar-refractivity contribution in [2.45, 2.75) is 97.2 Å². The van der Waals surface area contributed by atoms with Gasteiger partial charge < -0.3 is 19.2 Å². The van der Waals surface area contributed by atoms with E-state index >= 15 is 0 Å². The lowest BCUT2D eigenvalue weighted by Crippen LogP contribution is -2.52. The number of amides is 1. The van der Waals surface area contributed by atoms with Crippen molar-refractivity contribution in [3.8, 4) is 0 Å². The van der Waals surface area contributed by atoms with E-state index in [1.165, 1.54) is 0 Å². The number of hydrogen-bond donors (Lipinski definition) is 1. The summed E-state index contributed by atoms with van der Waals surface area (Å²) in [5.41, 5.74) is -1.56. The van der Waals surface area contributed by atoms with Crippen molar-refractivity contribution >= 4 is 20.2 Å². The number of ketones is 1. The van der Waals surface area contributed by atoms with Crippen LogP contribution in [0.1, 0.15) is 61.8 Å². The Balaban J connectivity index is 2.84. The van der Waals surface area contributed by atoms with Crippen molar-refractivity contribution in [1.82, 2.24) is 5.32 Å². The van der Waals surface area contributed by atoms with Crippen molar-refractivity contribution in [2.24, 2.45) is 5.92 Å². The summed E-state index contributed by atoms with van der Waals surface area (Å²) in [6.07, 6.45) is -0.0499. The lowest BCUT2D eigenvalue weighted by molar-refractivity contribution is -0.127. The Morgan fingerprint density at radius 1 is 1.15 bits per heavy atom. The molecule has 27 heavy (non-hydrogen) atoms. The van der Waals surface area contributed by atoms with Crippen LogP contribution in [0.4, 0.5) is 4.79 Å². The number of hydrogen-bond acceptors (Lipinski definition) is 5. The lowest BCUT2D eigenvalue weighted by atomic mass is 9.93. The summed E-state index contributed by atoms with van der Waals surface area (Å²) in [6.45, 7) is 20.8. The van der Waals surface area contributed by atoms with E-state index in [1.807, 2.05) is 13.8 Å². The molecule has 2 atom stereocenters. The number of carbonyl (C=O) groups excluding carboxylic acids is 2. The van der Waals surface area contributed by atoms with Gasteiger partial charge in [-0.05, 0) is 51.2 Å². The summed E-state index contributed by atoms with van der Waals surface area (Å²) < 4.78 is 17.1. The number of ether oxygens (including phenoxy) is 2. The molecule has 6 nitrogen and oxygen atoms in total. The maximum absolute atomic E-state index is 13.2. The predicted octanol–water partition coefficient (Wildman–Crippen LogP) is 4.29. The molecular formula is C20H39NO5Si. The Kier molecular flexibility index (Phi) is 7.33. The third-order valence-corrected chi connectivity index (χ3v) is 9.61. The minimum Gasteiger partial charge on any atom is -0.444 e. The van der Waals surface area contributed by atoms with E-state index in [0.717, 1.165) is 0 Å². The van der Waals surface area contributed by atoms with Crippen LogP contribution in [0.2, 0.25) is 18.1 Å². The van der Waals surface area contributed by atoms with Crippen LogP contribution in [0, 0.1) is 5.92 Å². The highest BCUT2D eigenvalue weighted by Gasteiger charge is 2.56. The van der Waals surface area contributed by atoms with Gasteiger partial charge in [0.2, 0.25) is 0 Å². The maximum atomic E-state index is 13.2. The molecule has 1 aliphatic rings. The highest BCUT2D eigenvalue weighted by Crippen LogP contribution is 2.39. The lowest BCUT2D eigenvalue weighted by Gasteiger charge is -2.37. The van der Waals surface area contributed by atoms with Crippen molar-refractivity contribution in [3.05, 3.63) is 0 Å². The van der Waals surface area contributed by atoms with Gasteiger partial charge in [0.25, 0.3) is 0 Å². The van der Waals surface area contributed by atoms with Gasteiger partial charge in [0, 0.05) is 0 Å². The zero-order valence-electron chi connectivity index (χ0n) is 18.8. The first-order chi connectivity index (χ1) is 12.0. The second kappa shape index (κ2) is 8.21. The Bertz CT molecular complexity index is 542. The molecule has 1 saturated heterocycles. The number of epoxide rings is 1. The minimum absolute atomic E-state index is 0.0538. The first kappa shape index (κ1) is 24.1. The average Bonchev–Trinajstić information content (AvgIpc) is 3.21. The molecule has 0 aliphatic carbocycles. The van der Waals surface area contributed by atoms with E-state index in [0.29, 0.717) is 13.0 Å². The van der Waals surface area contributed by atoms with Crippen molar-refractivity contribution in [2.75, 3.05) is 13.2 Å². The molecule has 1 fully saturated rings. The van der Waals surface area contributed by atoms with E-state index in [-0.39, 0.29) is 23.3 Å². The molecule has 0 aromatic heterocycles. The molecule has 158 valence electrons. The van der Waals surface area contributed by atoms with Crippen LogP contribution in [-0.2, 0) is 18.7 Å². The third-order valence-electron chi connectivity index (χ3n) is 5.13. The first-order valence-electron chi connectivity index (χ1n) is 9.81. The van der Waals surface area contributed by atoms with E-state index in [9.17, 15) is 9.59 Å². The summed E-state index contributed by atoms with van der Waals surface area (Å²) in [7, 11) is -2.00. The van der Waals surface area contributed by atoms with Crippen LogP contribution in [0.25, 0.3) is 0 Å². The number of alkyl carbamates (subject to hydrolysis) is 1. The van der Waals surface area contributed by atoms with Crippen molar-refractivity contribution in [1.29, 1.82) is 0 Å². The second-order valence-corrected chi connectivity index (χ2v) is 15.3. The molecule has 0 aromatic rings. The second-order valence-electron chi connectivity index (χ2n) is 10.5. The normalized spacial score (nSPS) is 21.7. The molecule has 1 rings (SSSR count). The fourth-order valence-electron chi connectivity index (χ4n) is 2.37. The monoisotopic (exact) mass is 401 g/mol. The van der Waals surface area contributed by atoms with Crippen molar-refractivity contribution < 1.29 is 23.5 Å². The Morgan fingerprint density at radius 2 is 1.67 bits per heavy atom. The Morgan fingerprint density at radius 3 is 2.04 bits per heavy atom. The van der Waals surface area contributed by atoms with Gasteiger partial charge in [0.05, 0.1) is 19.3 Å². The largest absolute Gasteiger partial charge is 0.444 e. The summed E-state index contributed by atoms with van der Waals surface area (Å²) in [5, 5.41) is 2.80. The summed E-state index contributed by atoms with van der Waals surface area (Å²) >= 11 is 0.